The van der Waals surface area contributed by atoms with Gasteiger partial charge in [0.2, 0.25) is 0 Å². The van der Waals surface area contributed by atoms with E-state index < -0.39 is 10.0 Å². The second-order valence-electron chi connectivity index (χ2n) is 6.48. The van der Waals surface area contributed by atoms with Crippen LogP contribution in [-0.4, -0.2) is 54.1 Å². The van der Waals surface area contributed by atoms with Gasteiger partial charge in [-0.15, -0.1) is 11.3 Å². The van der Waals surface area contributed by atoms with E-state index in [1.165, 1.54) is 21.7 Å². The van der Waals surface area contributed by atoms with Gasteiger partial charge >= 0.3 is 0 Å². The molecule has 0 aromatic carbocycles. The second-order valence-corrected chi connectivity index (χ2v) is 9.73. The van der Waals surface area contributed by atoms with Crippen LogP contribution in [0.15, 0.2) is 51.7 Å². The van der Waals surface area contributed by atoms with Gasteiger partial charge in [-0.25, -0.2) is 13.5 Å². The molecule has 10 heteroatoms. The van der Waals surface area contributed by atoms with E-state index in [2.05, 4.69) is 20.1 Å². The van der Waals surface area contributed by atoms with Crippen molar-refractivity contribution in [3.05, 3.63) is 58.6 Å². The Labute approximate surface area is 166 Å². The van der Waals surface area contributed by atoms with E-state index in [9.17, 15) is 13.2 Å². The lowest BCUT2D eigenvalue weighted by atomic mass is 10.2. The highest BCUT2D eigenvalue weighted by atomic mass is 32.2. The summed E-state index contributed by atoms with van der Waals surface area (Å²) in [5, 5.41) is 6.45. The molecule has 0 atom stereocenters. The predicted octanol–water partition coefficient (Wildman–Crippen LogP) is 1.71. The van der Waals surface area contributed by atoms with E-state index in [1.54, 1.807) is 31.5 Å². The van der Waals surface area contributed by atoms with Crippen molar-refractivity contribution in [2.24, 2.45) is 0 Å². The first kappa shape index (κ1) is 18.8. The van der Waals surface area contributed by atoms with Crippen LogP contribution in [0, 0.1) is 6.92 Å². The summed E-state index contributed by atoms with van der Waals surface area (Å²) in [5.74, 6) is 0. The van der Waals surface area contributed by atoms with Gasteiger partial charge < -0.3 is 4.90 Å². The van der Waals surface area contributed by atoms with Gasteiger partial charge in [0.15, 0.2) is 0 Å². The Bertz CT molecular complexity index is 1130. The van der Waals surface area contributed by atoms with Crippen LogP contribution in [-0.2, 0) is 10.0 Å². The molecule has 0 unspecified atom stereocenters. The maximum atomic E-state index is 13.0. The van der Waals surface area contributed by atoms with Crippen LogP contribution >= 0.6 is 11.3 Å². The molecule has 8 nitrogen and oxygen atoms in total. The fourth-order valence-electron chi connectivity index (χ4n) is 3.20. The first-order valence-corrected chi connectivity index (χ1v) is 11.0. The number of H-pyrrole nitrogens is 1. The molecule has 3 aromatic rings. The molecule has 0 saturated carbocycles. The third kappa shape index (κ3) is 3.58. The number of hydrogen-bond acceptors (Lipinski definition) is 7. The van der Waals surface area contributed by atoms with Crippen LogP contribution in [0.4, 0.5) is 5.69 Å². The van der Waals surface area contributed by atoms with E-state index in [0.717, 1.165) is 5.69 Å². The average molecular weight is 418 g/mol. The summed E-state index contributed by atoms with van der Waals surface area (Å²) in [6, 6.07) is 8.65. The zero-order valence-corrected chi connectivity index (χ0v) is 16.8. The number of anilines is 1. The number of hydrogen-bond donors (Lipinski definition) is 1. The molecular weight excluding hydrogens is 398 g/mol. The molecule has 4 rings (SSSR count). The Balaban J connectivity index is 1.52. The van der Waals surface area contributed by atoms with Crippen molar-refractivity contribution in [1.82, 2.24) is 19.5 Å². The molecule has 0 radical (unpaired) electrons. The van der Waals surface area contributed by atoms with Crippen molar-refractivity contribution in [2.75, 3.05) is 31.1 Å². The number of aromatic nitrogens is 3. The van der Waals surface area contributed by atoms with Crippen molar-refractivity contribution < 1.29 is 8.42 Å². The van der Waals surface area contributed by atoms with E-state index >= 15 is 0 Å². The summed E-state index contributed by atoms with van der Waals surface area (Å²) >= 11 is 1.17. The third-order valence-corrected chi connectivity index (χ3v) is 8.13. The number of nitrogens with zero attached hydrogens (tertiary/aromatic N) is 4. The SMILES string of the molecule is Cc1cc(=O)[nH]nc1-c1ccc(S(=O)(=O)N2CCN(c3ccncc3)CC2)s1. The molecule has 146 valence electrons. The molecular formula is C18H19N5O3S2. The third-order valence-electron chi connectivity index (χ3n) is 4.67. The maximum Gasteiger partial charge on any atom is 0.264 e. The molecule has 4 heterocycles. The van der Waals surface area contributed by atoms with Crippen LogP contribution in [0.25, 0.3) is 10.6 Å². The Morgan fingerprint density at radius 1 is 1.07 bits per heavy atom. The average Bonchev–Trinajstić information content (AvgIpc) is 3.19. The minimum absolute atomic E-state index is 0.280. The lowest BCUT2D eigenvalue weighted by Gasteiger charge is -2.35. The molecule has 0 amide bonds. The van der Waals surface area contributed by atoms with Gasteiger partial charge in [0.1, 0.15) is 9.90 Å². The lowest BCUT2D eigenvalue weighted by Crippen LogP contribution is -2.48. The van der Waals surface area contributed by atoms with Gasteiger partial charge in [0.05, 0.1) is 4.88 Å². The number of sulfonamides is 1. The molecule has 0 spiro atoms. The molecule has 3 aromatic heterocycles. The Hall–Kier alpha value is -2.56. The monoisotopic (exact) mass is 417 g/mol. The topological polar surface area (TPSA) is 99.3 Å². The zero-order valence-electron chi connectivity index (χ0n) is 15.2. The standard InChI is InChI=1S/C18H19N5O3S2/c1-13-12-16(24)20-21-18(13)15-2-3-17(27-15)28(25,26)23-10-8-22(9-11-23)14-4-6-19-7-5-14/h2-7,12H,8-11H2,1H3,(H,20,24). The van der Waals surface area contributed by atoms with Crippen molar-refractivity contribution in [3.63, 3.8) is 0 Å². The normalized spacial score (nSPS) is 15.7. The molecule has 0 aliphatic carbocycles. The van der Waals surface area contributed by atoms with Gasteiger partial charge in [-0.2, -0.15) is 9.40 Å². The van der Waals surface area contributed by atoms with Gasteiger partial charge in [0, 0.05) is 50.3 Å². The van der Waals surface area contributed by atoms with Crippen LogP contribution in [0.2, 0.25) is 0 Å². The molecule has 1 fully saturated rings. The number of thiophene rings is 1. The number of nitrogens with one attached hydrogen (secondary N) is 1. The number of aromatic amines is 1. The smallest absolute Gasteiger partial charge is 0.264 e. The van der Waals surface area contributed by atoms with Crippen molar-refractivity contribution >= 4 is 27.0 Å². The second kappa shape index (κ2) is 7.46. The van der Waals surface area contributed by atoms with Gasteiger partial charge in [0.25, 0.3) is 15.6 Å². The fraction of sp³-hybridized carbons (Fsp3) is 0.278. The minimum atomic E-state index is -3.56. The van der Waals surface area contributed by atoms with Crippen LogP contribution in [0.5, 0.6) is 0 Å². The van der Waals surface area contributed by atoms with Crippen molar-refractivity contribution in [3.8, 4) is 10.6 Å². The summed E-state index contributed by atoms with van der Waals surface area (Å²) in [7, 11) is -3.56. The highest BCUT2D eigenvalue weighted by Crippen LogP contribution is 2.32. The Morgan fingerprint density at radius 3 is 2.46 bits per heavy atom. The molecule has 1 N–H and O–H groups in total. The summed E-state index contributed by atoms with van der Waals surface area (Å²) in [5.41, 5.74) is 2.07. The first-order chi connectivity index (χ1) is 13.4. The van der Waals surface area contributed by atoms with Gasteiger partial charge in [-0.05, 0) is 36.8 Å². The Kier molecular flexibility index (Phi) is 5.00. The molecule has 1 saturated heterocycles. The van der Waals surface area contributed by atoms with Gasteiger partial charge in [-0.3, -0.25) is 9.78 Å². The number of aryl methyl sites for hydroxylation is 1. The lowest BCUT2D eigenvalue weighted by molar-refractivity contribution is 0.386. The fourth-order valence-corrected chi connectivity index (χ4v) is 6.14. The summed E-state index contributed by atoms with van der Waals surface area (Å²) in [6.45, 7) is 3.88. The Morgan fingerprint density at radius 2 is 1.79 bits per heavy atom. The molecule has 1 aliphatic rings. The molecule has 1 aliphatic heterocycles. The summed E-state index contributed by atoms with van der Waals surface area (Å²) in [6.07, 6.45) is 3.47. The summed E-state index contributed by atoms with van der Waals surface area (Å²) < 4.78 is 27.9. The molecule has 0 bridgehead atoms. The summed E-state index contributed by atoms with van der Waals surface area (Å²) in [4.78, 5) is 18.2. The van der Waals surface area contributed by atoms with E-state index in [0.29, 0.717) is 42.3 Å². The number of pyridine rings is 1. The zero-order chi connectivity index (χ0) is 19.7. The van der Waals surface area contributed by atoms with Gasteiger partial charge in [-0.1, -0.05) is 0 Å². The van der Waals surface area contributed by atoms with Crippen molar-refractivity contribution in [2.45, 2.75) is 11.1 Å². The van der Waals surface area contributed by atoms with Crippen molar-refractivity contribution in [1.29, 1.82) is 0 Å². The van der Waals surface area contributed by atoms with Crippen LogP contribution < -0.4 is 10.5 Å². The maximum absolute atomic E-state index is 13.0. The largest absolute Gasteiger partial charge is 0.369 e. The number of rotatable bonds is 4. The van der Waals surface area contributed by atoms with E-state index in [4.69, 9.17) is 0 Å². The molecule has 28 heavy (non-hydrogen) atoms. The first-order valence-electron chi connectivity index (χ1n) is 8.77. The quantitative estimate of drug-likeness (QED) is 0.694. The highest BCUT2D eigenvalue weighted by Gasteiger charge is 2.30. The minimum Gasteiger partial charge on any atom is -0.369 e. The number of piperazine rings is 1. The van der Waals surface area contributed by atoms with E-state index in [1.807, 2.05) is 12.1 Å². The van der Waals surface area contributed by atoms with Crippen LogP contribution in [0.3, 0.4) is 0 Å². The predicted molar refractivity (Wildman–Crippen MR) is 108 cm³/mol. The van der Waals surface area contributed by atoms with E-state index in [-0.39, 0.29) is 9.77 Å². The highest BCUT2D eigenvalue weighted by molar-refractivity contribution is 7.91. The van der Waals surface area contributed by atoms with Crippen LogP contribution in [0.1, 0.15) is 5.56 Å².